The first-order valence-corrected chi connectivity index (χ1v) is 10.1. The van der Waals surface area contributed by atoms with Crippen LogP contribution < -0.4 is 5.32 Å². The number of pyridine rings is 1. The van der Waals surface area contributed by atoms with Crippen LogP contribution in [0, 0.1) is 5.92 Å². The van der Waals surface area contributed by atoms with Crippen molar-refractivity contribution >= 4 is 23.4 Å². The Morgan fingerprint density at radius 2 is 1.82 bits per heavy atom. The van der Waals surface area contributed by atoms with Crippen LogP contribution in [0.5, 0.6) is 0 Å². The minimum Gasteiger partial charge on any atom is -0.341 e. The van der Waals surface area contributed by atoms with E-state index >= 15 is 0 Å². The van der Waals surface area contributed by atoms with Gasteiger partial charge in [-0.1, -0.05) is 37.6 Å². The third-order valence-corrected chi connectivity index (χ3v) is 5.54. The molecule has 3 rings (SSSR count). The van der Waals surface area contributed by atoms with Crippen LogP contribution in [0.3, 0.4) is 0 Å². The third-order valence-electron chi connectivity index (χ3n) is 5.29. The van der Waals surface area contributed by atoms with Gasteiger partial charge in [0.2, 0.25) is 5.91 Å². The van der Waals surface area contributed by atoms with Gasteiger partial charge in [0.1, 0.15) is 6.04 Å². The average molecular weight is 400 g/mol. The molecule has 1 saturated heterocycles. The number of hydrogen-bond donors (Lipinski definition) is 1. The summed E-state index contributed by atoms with van der Waals surface area (Å²) < 4.78 is 0. The van der Waals surface area contributed by atoms with Crippen molar-refractivity contribution in [2.45, 2.75) is 38.6 Å². The van der Waals surface area contributed by atoms with Crippen LogP contribution >= 0.6 is 11.6 Å². The first kappa shape index (κ1) is 20.3. The van der Waals surface area contributed by atoms with Crippen LogP contribution in [0.4, 0.5) is 0 Å². The topological polar surface area (TPSA) is 62.3 Å². The Hall–Kier alpha value is -2.40. The highest BCUT2D eigenvalue weighted by atomic mass is 35.5. The molecular weight excluding hydrogens is 374 g/mol. The zero-order valence-electron chi connectivity index (χ0n) is 16.3. The molecule has 2 heterocycles. The summed E-state index contributed by atoms with van der Waals surface area (Å²) in [6.07, 6.45) is 4.95. The number of rotatable bonds is 5. The van der Waals surface area contributed by atoms with E-state index < -0.39 is 6.04 Å². The maximum Gasteiger partial charge on any atom is 0.253 e. The van der Waals surface area contributed by atoms with E-state index in [2.05, 4.69) is 22.4 Å². The second kappa shape index (κ2) is 9.20. The van der Waals surface area contributed by atoms with E-state index in [4.69, 9.17) is 11.6 Å². The number of likely N-dealkylation sites (tertiary alicyclic amines) is 1. The maximum atomic E-state index is 13.1. The maximum absolute atomic E-state index is 13.1. The lowest BCUT2D eigenvalue weighted by Crippen LogP contribution is -2.52. The van der Waals surface area contributed by atoms with Crippen LogP contribution in [0.1, 0.15) is 48.5 Å². The SMILES string of the molecule is CC(C)C(NC(=O)c1cccnc1)C(=O)N1CCC(c2ccc(Cl)cc2)CC1. The van der Waals surface area contributed by atoms with E-state index in [9.17, 15) is 9.59 Å². The van der Waals surface area contributed by atoms with Gasteiger partial charge in [0, 0.05) is 30.5 Å². The molecule has 1 aliphatic rings. The van der Waals surface area contributed by atoms with Crippen LogP contribution in [0.25, 0.3) is 0 Å². The van der Waals surface area contributed by atoms with E-state index in [0.29, 0.717) is 24.6 Å². The minimum absolute atomic E-state index is 0.00195. The summed E-state index contributed by atoms with van der Waals surface area (Å²) in [4.78, 5) is 31.4. The average Bonchev–Trinajstić information content (AvgIpc) is 2.72. The first-order valence-electron chi connectivity index (χ1n) is 9.71. The van der Waals surface area contributed by atoms with Gasteiger partial charge in [-0.15, -0.1) is 0 Å². The Kier molecular flexibility index (Phi) is 6.68. The quantitative estimate of drug-likeness (QED) is 0.829. The lowest BCUT2D eigenvalue weighted by atomic mass is 9.89. The summed E-state index contributed by atoms with van der Waals surface area (Å²) in [7, 11) is 0. The molecule has 1 N–H and O–H groups in total. The summed E-state index contributed by atoms with van der Waals surface area (Å²) in [6.45, 7) is 5.29. The van der Waals surface area contributed by atoms with Crippen molar-refractivity contribution in [3.05, 3.63) is 64.9 Å². The zero-order chi connectivity index (χ0) is 20.1. The Morgan fingerprint density at radius 1 is 1.14 bits per heavy atom. The van der Waals surface area contributed by atoms with E-state index in [-0.39, 0.29) is 17.7 Å². The summed E-state index contributed by atoms with van der Waals surface area (Å²) in [6, 6.07) is 10.8. The number of carbonyl (C=O) groups is 2. The van der Waals surface area contributed by atoms with Gasteiger partial charge in [0.25, 0.3) is 5.91 Å². The molecule has 0 aliphatic carbocycles. The first-order chi connectivity index (χ1) is 13.5. The third kappa shape index (κ3) is 4.90. The van der Waals surface area contributed by atoms with Crippen molar-refractivity contribution in [1.82, 2.24) is 15.2 Å². The number of halogens is 1. The predicted octanol–water partition coefficient (Wildman–Crippen LogP) is 3.90. The summed E-state index contributed by atoms with van der Waals surface area (Å²) in [5.41, 5.74) is 1.73. The van der Waals surface area contributed by atoms with Crippen molar-refractivity contribution in [2.75, 3.05) is 13.1 Å². The van der Waals surface area contributed by atoms with Crippen molar-refractivity contribution in [1.29, 1.82) is 0 Å². The second-order valence-corrected chi connectivity index (χ2v) is 8.02. The van der Waals surface area contributed by atoms with Crippen molar-refractivity contribution in [3.8, 4) is 0 Å². The molecule has 148 valence electrons. The highest BCUT2D eigenvalue weighted by molar-refractivity contribution is 6.30. The number of carbonyl (C=O) groups excluding carboxylic acids is 2. The monoisotopic (exact) mass is 399 g/mol. The van der Waals surface area contributed by atoms with Gasteiger partial charge < -0.3 is 10.2 Å². The van der Waals surface area contributed by atoms with Crippen LogP contribution in [0.15, 0.2) is 48.8 Å². The van der Waals surface area contributed by atoms with E-state index in [1.165, 1.54) is 11.8 Å². The molecule has 2 aromatic rings. The highest BCUT2D eigenvalue weighted by Crippen LogP contribution is 2.29. The zero-order valence-corrected chi connectivity index (χ0v) is 17.0. The van der Waals surface area contributed by atoms with Gasteiger partial charge in [-0.25, -0.2) is 0 Å². The lowest BCUT2D eigenvalue weighted by Gasteiger charge is -2.35. The van der Waals surface area contributed by atoms with Crippen LogP contribution in [-0.2, 0) is 4.79 Å². The molecule has 2 amide bonds. The highest BCUT2D eigenvalue weighted by Gasteiger charge is 2.31. The molecular formula is C22H26ClN3O2. The van der Waals surface area contributed by atoms with Crippen LogP contribution in [0.2, 0.25) is 5.02 Å². The smallest absolute Gasteiger partial charge is 0.253 e. The molecule has 1 fully saturated rings. The Labute approximate surface area is 171 Å². The van der Waals surface area contributed by atoms with Gasteiger partial charge in [-0.2, -0.15) is 0 Å². The molecule has 1 atom stereocenters. The molecule has 0 radical (unpaired) electrons. The molecule has 1 aromatic heterocycles. The Bertz CT molecular complexity index is 800. The van der Waals surface area contributed by atoms with Gasteiger partial charge in [0.05, 0.1) is 5.56 Å². The van der Waals surface area contributed by atoms with Crippen molar-refractivity contribution < 1.29 is 9.59 Å². The molecule has 28 heavy (non-hydrogen) atoms. The largest absolute Gasteiger partial charge is 0.341 e. The Balaban J connectivity index is 1.61. The summed E-state index contributed by atoms with van der Waals surface area (Å²) >= 11 is 5.97. The predicted molar refractivity (Wildman–Crippen MR) is 110 cm³/mol. The lowest BCUT2D eigenvalue weighted by molar-refractivity contribution is -0.135. The molecule has 0 saturated carbocycles. The number of nitrogens with zero attached hydrogens (tertiary/aromatic N) is 2. The van der Waals surface area contributed by atoms with E-state index in [1.54, 1.807) is 18.3 Å². The summed E-state index contributed by atoms with van der Waals surface area (Å²) in [5, 5.41) is 3.63. The minimum atomic E-state index is -0.542. The molecule has 1 aliphatic heterocycles. The van der Waals surface area contributed by atoms with Crippen molar-refractivity contribution in [2.24, 2.45) is 5.92 Å². The molecule has 0 spiro atoms. The number of amides is 2. The van der Waals surface area contributed by atoms with Gasteiger partial charge in [-0.3, -0.25) is 14.6 Å². The van der Waals surface area contributed by atoms with E-state index in [0.717, 1.165) is 17.9 Å². The Morgan fingerprint density at radius 3 is 2.39 bits per heavy atom. The number of aromatic nitrogens is 1. The number of piperidine rings is 1. The van der Waals surface area contributed by atoms with Gasteiger partial charge >= 0.3 is 0 Å². The molecule has 5 nitrogen and oxygen atoms in total. The normalized spacial score (nSPS) is 16.1. The number of hydrogen-bond acceptors (Lipinski definition) is 3. The fraction of sp³-hybridized carbons (Fsp3) is 0.409. The summed E-state index contributed by atoms with van der Waals surface area (Å²) in [5.74, 6) is 0.156. The second-order valence-electron chi connectivity index (χ2n) is 7.59. The van der Waals surface area contributed by atoms with Gasteiger partial charge in [-0.05, 0) is 54.5 Å². The fourth-order valence-corrected chi connectivity index (χ4v) is 3.73. The molecule has 0 bridgehead atoms. The van der Waals surface area contributed by atoms with Crippen LogP contribution in [-0.4, -0.2) is 40.8 Å². The number of nitrogens with one attached hydrogen (secondary N) is 1. The fourth-order valence-electron chi connectivity index (χ4n) is 3.60. The number of benzene rings is 1. The molecule has 1 unspecified atom stereocenters. The van der Waals surface area contributed by atoms with Crippen molar-refractivity contribution in [3.63, 3.8) is 0 Å². The van der Waals surface area contributed by atoms with Gasteiger partial charge in [0.15, 0.2) is 0 Å². The van der Waals surface area contributed by atoms with E-state index in [1.807, 2.05) is 30.9 Å². The standard InChI is InChI=1S/C22H26ClN3O2/c1-15(2)20(25-21(27)18-4-3-11-24-14-18)22(28)26-12-9-17(10-13-26)16-5-7-19(23)8-6-16/h3-8,11,14-15,17,20H,9-10,12-13H2,1-2H3,(H,25,27). The molecule has 1 aromatic carbocycles. The molecule has 6 heteroatoms.